The normalized spacial score (nSPS) is 13.0. The summed E-state index contributed by atoms with van der Waals surface area (Å²) in [6.07, 6.45) is 3.64. The minimum absolute atomic E-state index is 0.359. The van der Waals surface area contributed by atoms with Crippen LogP contribution in [0.3, 0.4) is 0 Å². The highest BCUT2D eigenvalue weighted by Gasteiger charge is 2.24. The van der Waals surface area contributed by atoms with Gasteiger partial charge in [0.1, 0.15) is 5.82 Å². The summed E-state index contributed by atoms with van der Waals surface area (Å²) in [5.41, 5.74) is 4.18. The van der Waals surface area contributed by atoms with Crippen molar-refractivity contribution in [3.05, 3.63) is 70.7 Å². The van der Waals surface area contributed by atoms with Gasteiger partial charge in [0.05, 0.1) is 11.1 Å². The van der Waals surface area contributed by atoms with Crippen LogP contribution in [0.15, 0.2) is 42.5 Å². The number of anilines is 1. The van der Waals surface area contributed by atoms with Crippen molar-refractivity contribution in [1.82, 2.24) is 4.98 Å². The standard InChI is InChI=1S/C23H21FN2O3/c1-14-10-11-15(24)12-20(14)26-21(27)13-29-23(28)22-16-6-2-4-8-18(16)25-19-9-5-3-7-17(19)22/h2,4,6,8,10-12H,3,5,7,9,13H2,1H3,(H,26,27). The average Bonchev–Trinajstić information content (AvgIpc) is 2.73. The Balaban J connectivity index is 1.55. The fourth-order valence-electron chi connectivity index (χ4n) is 3.72. The first-order chi connectivity index (χ1) is 14.0. The molecular formula is C23H21FN2O3. The first-order valence-electron chi connectivity index (χ1n) is 9.66. The molecule has 4 rings (SSSR count). The number of hydrogen-bond donors (Lipinski definition) is 1. The van der Waals surface area contributed by atoms with Crippen LogP contribution < -0.4 is 5.32 Å². The van der Waals surface area contributed by atoms with Crippen LogP contribution in [-0.4, -0.2) is 23.5 Å². The molecule has 6 heteroatoms. The number of nitrogens with one attached hydrogen (secondary N) is 1. The van der Waals surface area contributed by atoms with E-state index in [9.17, 15) is 14.0 Å². The summed E-state index contributed by atoms with van der Waals surface area (Å²) >= 11 is 0. The number of hydrogen-bond acceptors (Lipinski definition) is 4. The zero-order valence-corrected chi connectivity index (χ0v) is 16.1. The van der Waals surface area contributed by atoms with Gasteiger partial charge in [-0.3, -0.25) is 9.78 Å². The molecule has 1 aliphatic rings. The van der Waals surface area contributed by atoms with Crippen LogP contribution in [0.1, 0.15) is 40.0 Å². The van der Waals surface area contributed by atoms with Crippen molar-refractivity contribution < 1.29 is 18.7 Å². The second-order valence-corrected chi connectivity index (χ2v) is 7.22. The molecule has 0 unspecified atom stereocenters. The van der Waals surface area contributed by atoms with Gasteiger partial charge < -0.3 is 10.1 Å². The highest BCUT2D eigenvalue weighted by Crippen LogP contribution is 2.29. The summed E-state index contributed by atoms with van der Waals surface area (Å²) in [6.45, 7) is 1.32. The zero-order valence-electron chi connectivity index (χ0n) is 16.1. The monoisotopic (exact) mass is 392 g/mol. The van der Waals surface area contributed by atoms with Gasteiger partial charge in [-0.25, -0.2) is 9.18 Å². The van der Waals surface area contributed by atoms with E-state index >= 15 is 0 Å². The molecule has 0 saturated carbocycles. The maximum absolute atomic E-state index is 13.4. The first-order valence-corrected chi connectivity index (χ1v) is 9.66. The van der Waals surface area contributed by atoms with Crippen molar-refractivity contribution in [3.63, 3.8) is 0 Å². The fraction of sp³-hybridized carbons (Fsp3) is 0.261. The number of ether oxygens (including phenoxy) is 1. The number of esters is 1. The molecule has 1 heterocycles. The maximum atomic E-state index is 13.4. The number of rotatable bonds is 4. The third-order valence-corrected chi connectivity index (χ3v) is 5.18. The lowest BCUT2D eigenvalue weighted by atomic mass is 9.90. The number of benzene rings is 2. The lowest BCUT2D eigenvalue weighted by molar-refractivity contribution is -0.119. The first kappa shape index (κ1) is 19.1. The van der Waals surface area contributed by atoms with Crippen molar-refractivity contribution in [1.29, 1.82) is 0 Å². The Morgan fingerprint density at radius 1 is 1.14 bits per heavy atom. The van der Waals surface area contributed by atoms with E-state index in [0.29, 0.717) is 11.3 Å². The molecule has 3 aromatic rings. The molecule has 1 N–H and O–H groups in total. The van der Waals surface area contributed by atoms with Crippen LogP contribution in [0.25, 0.3) is 10.9 Å². The van der Waals surface area contributed by atoms with E-state index in [1.165, 1.54) is 12.1 Å². The molecule has 0 spiro atoms. The van der Waals surface area contributed by atoms with E-state index in [1.807, 2.05) is 24.3 Å². The SMILES string of the molecule is Cc1ccc(F)cc1NC(=O)COC(=O)c1c2c(nc3ccccc13)CCCC2. The Morgan fingerprint density at radius 3 is 2.79 bits per heavy atom. The number of fused-ring (bicyclic) bond motifs is 2. The van der Waals surface area contributed by atoms with Crippen LogP contribution in [-0.2, 0) is 22.4 Å². The van der Waals surface area contributed by atoms with Crippen molar-refractivity contribution >= 4 is 28.5 Å². The van der Waals surface area contributed by atoms with Crippen LogP contribution in [0, 0.1) is 12.7 Å². The van der Waals surface area contributed by atoms with Crippen LogP contribution >= 0.6 is 0 Å². The van der Waals surface area contributed by atoms with Crippen molar-refractivity contribution in [2.45, 2.75) is 32.6 Å². The summed E-state index contributed by atoms with van der Waals surface area (Å²) in [5, 5.41) is 3.32. The van der Waals surface area contributed by atoms with Crippen LogP contribution in [0.2, 0.25) is 0 Å². The molecule has 0 saturated heterocycles. The summed E-state index contributed by atoms with van der Waals surface area (Å²) in [6, 6.07) is 11.6. The number of amides is 1. The summed E-state index contributed by atoms with van der Waals surface area (Å²) in [5.74, 6) is -1.50. The number of para-hydroxylation sites is 1. The van der Waals surface area contributed by atoms with E-state index in [0.717, 1.165) is 53.4 Å². The number of carbonyl (C=O) groups excluding carboxylic acids is 2. The predicted molar refractivity (Wildman–Crippen MR) is 108 cm³/mol. The van der Waals surface area contributed by atoms with Gasteiger partial charge in [-0.15, -0.1) is 0 Å². The smallest absolute Gasteiger partial charge is 0.339 e. The molecule has 29 heavy (non-hydrogen) atoms. The molecule has 0 atom stereocenters. The molecule has 5 nitrogen and oxygen atoms in total. The molecule has 0 radical (unpaired) electrons. The lowest BCUT2D eigenvalue weighted by Crippen LogP contribution is -2.23. The van der Waals surface area contributed by atoms with Crippen molar-refractivity contribution in [2.24, 2.45) is 0 Å². The van der Waals surface area contributed by atoms with Crippen LogP contribution in [0.4, 0.5) is 10.1 Å². The quantitative estimate of drug-likeness (QED) is 0.670. The Morgan fingerprint density at radius 2 is 1.93 bits per heavy atom. The van der Waals surface area contributed by atoms with Gasteiger partial charge >= 0.3 is 5.97 Å². The maximum Gasteiger partial charge on any atom is 0.339 e. The summed E-state index contributed by atoms with van der Waals surface area (Å²) < 4.78 is 18.7. The van der Waals surface area contributed by atoms with Crippen molar-refractivity contribution in [2.75, 3.05) is 11.9 Å². The van der Waals surface area contributed by atoms with Gasteiger partial charge in [0, 0.05) is 16.8 Å². The van der Waals surface area contributed by atoms with E-state index < -0.39 is 24.3 Å². The number of aromatic nitrogens is 1. The van der Waals surface area contributed by atoms with E-state index in [-0.39, 0.29) is 0 Å². The second kappa shape index (κ2) is 7.99. The van der Waals surface area contributed by atoms with Gasteiger partial charge in [0.2, 0.25) is 0 Å². The molecule has 1 aliphatic carbocycles. The third kappa shape index (κ3) is 3.97. The number of pyridine rings is 1. The molecule has 0 fully saturated rings. The minimum Gasteiger partial charge on any atom is -0.452 e. The Kier molecular flexibility index (Phi) is 5.25. The Bertz CT molecular complexity index is 1110. The van der Waals surface area contributed by atoms with Crippen LogP contribution in [0.5, 0.6) is 0 Å². The second-order valence-electron chi connectivity index (χ2n) is 7.22. The van der Waals surface area contributed by atoms with Gasteiger partial charge in [-0.1, -0.05) is 24.3 Å². The van der Waals surface area contributed by atoms with Gasteiger partial charge in [0.25, 0.3) is 5.91 Å². The molecule has 0 bridgehead atoms. The number of carbonyl (C=O) groups is 2. The molecule has 1 amide bonds. The predicted octanol–water partition coefficient (Wildman–Crippen LogP) is 4.36. The van der Waals surface area contributed by atoms with Gasteiger partial charge in [0.15, 0.2) is 6.61 Å². The highest BCUT2D eigenvalue weighted by molar-refractivity contribution is 6.06. The lowest BCUT2D eigenvalue weighted by Gasteiger charge is -2.20. The Hall–Kier alpha value is -3.28. The largest absolute Gasteiger partial charge is 0.452 e. The molecule has 148 valence electrons. The molecule has 0 aliphatic heterocycles. The topological polar surface area (TPSA) is 68.3 Å². The van der Waals surface area contributed by atoms with E-state index in [2.05, 4.69) is 5.32 Å². The van der Waals surface area contributed by atoms with E-state index in [4.69, 9.17) is 9.72 Å². The number of halogens is 1. The van der Waals surface area contributed by atoms with E-state index in [1.54, 1.807) is 13.0 Å². The van der Waals surface area contributed by atoms with Gasteiger partial charge in [-0.05, 0) is 61.9 Å². The zero-order chi connectivity index (χ0) is 20.4. The number of aryl methyl sites for hydroxylation is 2. The third-order valence-electron chi connectivity index (χ3n) is 5.18. The molecule has 1 aromatic heterocycles. The molecule has 2 aromatic carbocycles. The Labute approximate surface area is 167 Å². The van der Waals surface area contributed by atoms with Gasteiger partial charge in [-0.2, -0.15) is 0 Å². The number of nitrogens with zero attached hydrogens (tertiary/aromatic N) is 1. The minimum atomic E-state index is -0.534. The summed E-state index contributed by atoms with van der Waals surface area (Å²) in [4.78, 5) is 29.9. The summed E-state index contributed by atoms with van der Waals surface area (Å²) in [7, 11) is 0. The average molecular weight is 392 g/mol. The van der Waals surface area contributed by atoms with Crippen molar-refractivity contribution in [3.8, 4) is 0 Å². The highest BCUT2D eigenvalue weighted by atomic mass is 19.1. The fourth-order valence-corrected chi connectivity index (χ4v) is 3.72. The molecular weight excluding hydrogens is 371 g/mol.